The van der Waals surface area contributed by atoms with E-state index < -0.39 is 6.10 Å². The molecule has 0 bridgehead atoms. The number of aryl methyl sites for hydroxylation is 2. The average molecular weight is 268 g/mol. The van der Waals surface area contributed by atoms with Crippen LogP contribution in [0.3, 0.4) is 0 Å². The second-order valence-corrected chi connectivity index (χ2v) is 5.52. The molecule has 2 aromatic carbocycles. The molecule has 0 fully saturated rings. The van der Waals surface area contributed by atoms with Crippen LogP contribution < -0.4 is 0 Å². The first kappa shape index (κ1) is 14.8. The average Bonchev–Trinajstić information content (AvgIpc) is 2.43. The van der Waals surface area contributed by atoms with Crippen LogP contribution in [-0.2, 0) is 6.42 Å². The summed E-state index contributed by atoms with van der Waals surface area (Å²) in [5, 5.41) is 10.3. The van der Waals surface area contributed by atoms with E-state index in [0.29, 0.717) is 0 Å². The van der Waals surface area contributed by atoms with Gasteiger partial charge in [0.1, 0.15) is 0 Å². The van der Waals surface area contributed by atoms with Crippen LogP contribution in [0.25, 0.3) is 0 Å². The summed E-state index contributed by atoms with van der Waals surface area (Å²) in [5.74, 6) is 0.0546. The second-order valence-electron chi connectivity index (χ2n) is 5.52. The van der Waals surface area contributed by atoms with Crippen molar-refractivity contribution < 1.29 is 5.11 Å². The van der Waals surface area contributed by atoms with Gasteiger partial charge in [-0.2, -0.15) is 0 Å². The molecule has 106 valence electrons. The molecule has 2 atom stereocenters. The van der Waals surface area contributed by atoms with Gasteiger partial charge in [0.15, 0.2) is 0 Å². The number of benzene rings is 2. The van der Waals surface area contributed by atoms with E-state index in [4.69, 9.17) is 0 Å². The van der Waals surface area contributed by atoms with Crippen molar-refractivity contribution in [1.82, 2.24) is 0 Å². The van der Waals surface area contributed by atoms with Crippen LogP contribution in [0.5, 0.6) is 0 Å². The molecule has 0 aromatic heterocycles. The molecule has 0 saturated carbocycles. The minimum Gasteiger partial charge on any atom is -0.392 e. The van der Waals surface area contributed by atoms with Gasteiger partial charge in [0.25, 0.3) is 0 Å². The highest BCUT2D eigenvalue weighted by Crippen LogP contribution is 2.32. The van der Waals surface area contributed by atoms with E-state index in [1.165, 1.54) is 22.3 Å². The van der Waals surface area contributed by atoms with Crippen molar-refractivity contribution in [2.45, 2.75) is 45.6 Å². The number of hydrogen-bond acceptors (Lipinski definition) is 1. The lowest BCUT2D eigenvalue weighted by Crippen LogP contribution is -2.18. The lowest BCUT2D eigenvalue weighted by atomic mass is 9.82. The minimum absolute atomic E-state index is 0.0546. The monoisotopic (exact) mass is 268 g/mol. The molecular formula is C19H24O. The van der Waals surface area contributed by atoms with Gasteiger partial charge >= 0.3 is 0 Å². The Labute approximate surface area is 122 Å². The summed E-state index contributed by atoms with van der Waals surface area (Å²) in [4.78, 5) is 0. The van der Waals surface area contributed by atoms with Crippen molar-refractivity contribution in [3.63, 3.8) is 0 Å². The van der Waals surface area contributed by atoms with E-state index in [1.807, 2.05) is 6.92 Å². The van der Waals surface area contributed by atoms with Crippen molar-refractivity contribution in [2.24, 2.45) is 0 Å². The van der Waals surface area contributed by atoms with Crippen LogP contribution in [-0.4, -0.2) is 11.2 Å². The summed E-state index contributed by atoms with van der Waals surface area (Å²) in [6, 6.07) is 16.9. The largest absolute Gasteiger partial charge is 0.392 e. The van der Waals surface area contributed by atoms with Gasteiger partial charge in [0, 0.05) is 5.92 Å². The summed E-state index contributed by atoms with van der Waals surface area (Å²) in [6.45, 7) is 6.20. The third-order valence-corrected chi connectivity index (χ3v) is 3.92. The Balaban J connectivity index is 2.52. The maximum Gasteiger partial charge on any atom is 0.0621 e. The van der Waals surface area contributed by atoms with Crippen molar-refractivity contribution in [3.05, 3.63) is 70.8 Å². The molecule has 2 aromatic rings. The molecule has 1 nitrogen and oxygen atoms in total. The van der Waals surface area contributed by atoms with Gasteiger partial charge in [0.2, 0.25) is 0 Å². The van der Waals surface area contributed by atoms with Gasteiger partial charge in [-0.05, 0) is 42.5 Å². The summed E-state index contributed by atoms with van der Waals surface area (Å²) in [5.41, 5.74) is 5.08. The smallest absolute Gasteiger partial charge is 0.0621 e. The van der Waals surface area contributed by atoms with Gasteiger partial charge in [-0.1, -0.05) is 61.9 Å². The number of aliphatic hydroxyl groups excluding tert-OH is 1. The summed E-state index contributed by atoms with van der Waals surface area (Å²) in [7, 11) is 0. The fraction of sp³-hybridized carbons (Fsp3) is 0.368. The molecule has 0 amide bonds. The van der Waals surface area contributed by atoms with E-state index in [2.05, 4.69) is 62.4 Å². The molecule has 2 rings (SSSR count). The first-order chi connectivity index (χ1) is 9.65. The molecule has 20 heavy (non-hydrogen) atoms. The molecule has 0 saturated heterocycles. The molecule has 0 spiro atoms. The van der Waals surface area contributed by atoms with Crippen molar-refractivity contribution in [2.75, 3.05) is 0 Å². The standard InChI is InChI=1S/C19H24O/c1-4-9-16-11-6-8-13-18(16)19(15(3)20)17-12-7-5-10-14(17)2/h5-8,10-13,15,19-20H,4,9H2,1-3H3. The fourth-order valence-electron chi connectivity index (χ4n) is 2.96. The lowest BCUT2D eigenvalue weighted by molar-refractivity contribution is 0.176. The minimum atomic E-state index is -0.394. The number of hydrogen-bond donors (Lipinski definition) is 1. The highest BCUT2D eigenvalue weighted by Gasteiger charge is 2.23. The van der Waals surface area contributed by atoms with Gasteiger partial charge in [-0.3, -0.25) is 0 Å². The zero-order valence-corrected chi connectivity index (χ0v) is 12.6. The predicted molar refractivity (Wildman–Crippen MR) is 85.1 cm³/mol. The van der Waals surface area contributed by atoms with Gasteiger partial charge in [-0.15, -0.1) is 0 Å². The fourth-order valence-corrected chi connectivity index (χ4v) is 2.96. The van der Waals surface area contributed by atoms with Crippen LogP contribution in [0.4, 0.5) is 0 Å². The van der Waals surface area contributed by atoms with Crippen LogP contribution in [0.1, 0.15) is 48.4 Å². The van der Waals surface area contributed by atoms with Crippen molar-refractivity contribution in [3.8, 4) is 0 Å². The normalized spacial score (nSPS) is 14.0. The molecule has 1 N–H and O–H groups in total. The van der Waals surface area contributed by atoms with E-state index >= 15 is 0 Å². The Hall–Kier alpha value is -1.60. The Kier molecular flexibility index (Phi) is 4.97. The highest BCUT2D eigenvalue weighted by atomic mass is 16.3. The van der Waals surface area contributed by atoms with E-state index in [9.17, 15) is 5.11 Å². The molecular weight excluding hydrogens is 244 g/mol. The third-order valence-electron chi connectivity index (χ3n) is 3.92. The lowest BCUT2D eigenvalue weighted by Gasteiger charge is -2.25. The van der Waals surface area contributed by atoms with Crippen molar-refractivity contribution in [1.29, 1.82) is 0 Å². The third kappa shape index (κ3) is 3.10. The van der Waals surface area contributed by atoms with Crippen LogP contribution in [0.15, 0.2) is 48.5 Å². The quantitative estimate of drug-likeness (QED) is 0.848. The first-order valence-corrected chi connectivity index (χ1v) is 7.46. The Morgan fingerprint density at radius 2 is 1.55 bits per heavy atom. The second kappa shape index (κ2) is 6.71. The molecule has 0 radical (unpaired) electrons. The zero-order chi connectivity index (χ0) is 14.5. The van der Waals surface area contributed by atoms with E-state index in [0.717, 1.165) is 12.8 Å². The summed E-state index contributed by atoms with van der Waals surface area (Å²) in [6.07, 6.45) is 1.79. The van der Waals surface area contributed by atoms with E-state index in [1.54, 1.807) is 0 Å². The van der Waals surface area contributed by atoms with Crippen LogP contribution in [0, 0.1) is 6.92 Å². The molecule has 0 heterocycles. The molecule has 0 aliphatic heterocycles. The van der Waals surface area contributed by atoms with E-state index in [-0.39, 0.29) is 5.92 Å². The maximum absolute atomic E-state index is 10.3. The van der Waals surface area contributed by atoms with Crippen LogP contribution in [0.2, 0.25) is 0 Å². The first-order valence-electron chi connectivity index (χ1n) is 7.46. The number of rotatable bonds is 5. The molecule has 2 unspecified atom stereocenters. The summed E-state index contributed by atoms with van der Waals surface area (Å²) < 4.78 is 0. The Morgan fingerprint density at radius 1 is 0.950 bits per heavy atom. The SMILES string of the molecule is CCCc1ccccc1C(c1ccccc1C)C(C)O. The maximum atomic E-state index is 10.3. The molecule has 0 aliphatic rings. The molecule has 0 aliphatic carbocycles. The van der Waals surface area contributed by atoms with Crippen LogP contribution >= 0.6 is 0 Å². The Bertz CT molecular complexity index is 557. The number of aliphatic hydroxyl groups is 1. The predicted octanol–water partition coefficient (Wildman–Crippen LogP) is 4.46. The highest BCUT2D eigenvalue weighted by molar-refractivity contribution is 5.42. The molecule has 1 heteroatoms. The van der Waals surface area contributed by atoms with Gasteiger partial charge < -0.3 is 5.11 Å². The van der Waals surface area contributed by atoms with Crippen molar-refractivity contribution >= 4 is 0 Å². The topological polar surface area (TPSA) is 20.2 Å². The summed E-state index contributed by atoms with van der Waals surface area (Å²) >= 11 is 0. The van der Waals surface area contributed by atoms with Gasteiger partial charge in [-0.25, -0.2) is 0 Å². The zero-order valence-electron chi connectivity index (χ0n) is 12.6. The van der Waals surface area contributed by atoms with Gasteiger partial charge in [0.05, 0.1) is 6.10 Å². The Morgan fingerprint density at radius 3 is 2.15 bits per heavy atom.